The molecule has 0 aromatic heterocycles. The quantitative estimate of drug-likeness (QED) is 0.868. The highest BCUT2D eigenvalue weighted by atomic mass is 32.2. The van der Waals surface area contributed by atoms with Crippen LogP contribution < -0.4 is 4.72 Å². The minimum atomic E-state index is -3.47. The summed E-state index contributed by atoms with van der Waals surface area (Å²) in [6.07, 6.45) is 4.62. The van der Waals surface area contributed by atoms with E-state index in [1.807, 2.05) is 0 Å². The van der Waals surface area contributed by atoms with Crippen LogP contribution in [0.25, 0.3) is 0 Å². The first-order valence-corrected chi connectivity index (χ1v) is 8.21. The Balaban J connectivity index is 2.13. The van der Waals surface area contributed by atoms with Crippen LogP contribution in [0, 0.1) is 12.8 Å². The van der Waals surface area contributed by atoms with Crippen molar-refractivity contribution in [2.75, 3.05) is 6.54 Å². The Labute approximate surface area is 114 Å². The van der Waals surface area contributed by atoms with E-state index in [1.165, 1.54) is 12.8 Å². The average molecular weight is 283 g/mol. The number of sulfonamides is 1. The zero-order valence-corrected chi connectivity index (χ0v) is 12.0. The van der Waals surface area contributed by atoms with Crippen LogP contribution in [0.1, 0.15) is 36.8 Å². The second-order valence-electron chi connectivity index (χ2n) is 5.26. The van der Waals surface area contributed by atoms with E-state index in [1.54, 1.807) is 25.1 Å². The van der Waals surface area contributed by atoms with Gasteiger partial charge in [-0.25, -0.2) is 13.1 Å². The van der Waals surface area contributed by atoms with E-state index in [0.29, 0.717) is 23.6 Å². The van der Waals surface area contributed by atoms with Crippen LogP contribution in [0.2, 0.25) is 0 Å². The molecule has 5 heteroatoms. The maximum Gasteiger partial charge on any atom is 0.240 e. The van der Waals surface area contributed by atoms with Crippen molar-refractivity contribution in [2.45, 2.75) is 44.1 Å². The normalized spacial score (nSPS) is 16.9. The maximum atomic E-state index is 12.3. The Morgan fingerprint density at radius 2 is 2.00 bits per heavy atom. The van der Waals surface area contributed by atoms with E-state index in [2.05, 4.69) is 4.72 Å². The summed E-state index contributed by atoms with van der Waals surface area (Å²) in [6, 6.07) is 5.02. The Hall–Kier alpha value is -0.910. The van der Waals surface area contributed by atoms with Crippen LogP contribution in [0.5, 0.6) is 0 Å². The molecule has 2 rings (SSSR count). The minimum absolute atomic E-state index is 0.147. The molecule has 4 nitrogen and oxygen atoms in total. The number of aliphatic hydroxyl groups excluding tert-OH is 1. The van der Waals surface area contributed by atoms with Crippen LogP contribution >= 0.6 is 0 Å². The minimum Gasteiger partial charge on any atom is -0.392 e. The standard InChI is InChI=1S/C14H21NO3S/c1-11-6-7-13(10-16)8-14(11)19(17,18)15-9-12-4-2-3-5-12/h6-8,12,15-16H,2-5,9-10H2,1H3. The predicted molar refractivity (Wildman–Crippen MR) is 74.2 cm³/mol. The molecule has 0 radical (unpaired) electrons. The topological polar surface area (TPSA) is 66.4 Å². The molecule has 0 spiro atoms. The fourth-order valence-electron chi connectivity index (χ4n) is 2.55. The molecular formula is C14H21NO3S. The van der Waals surface area contributed by atoms with Crippen LogP contribution in [0.3, 0.4) is 0 Å². The van der Waals surface area contributed by atoms with Crippen molar-refractivity contribution < 1.29 is 13.5 Å². The first kappa shape index (κ1) is 14.5. The average Bonchev–Trinajstić information content (AvgIpc) is 2.90. The van der Waals surface area contributed by atoms with Gasteiger partial charge in [-0.1, -0.05) is 25.0 Å². The van der Waals surface area contributed by atoms with Gasteiger partial charge in [0.2, 0.25) is 10.0 Å². The molecule has 0 heterocycles. The van der Waals surface area contributed by atoms with Gasteiger partial charge in [0, 0.05) is 6.54 Å². The molecule has 1 aromatic rings. The Morgan fingerprint density at radius 1 is 1.32 bits per heavy atom. The molecule has 0 saturated heterocycles. The molecule has 1 aliphatic carbocycles. The van der Waals surface area contributed by atoms with E-state index in [9.17, 15) is 8.42 Å². The van der Waals surface area contributed by atoms with Gasteiger partial charge >= 0.3 is 0 Å². The van der Waals surface area contributed by atoms with Crippen LogP contribution in [-0.2, 0) is 16.6 Å². The number of rotatable bonds is 5. The van der Waals surface area contributed by atoms with Gasteiger partial charge in [0.05, 0.1) is 11.5 Å². The van der Waals surface area contributed by atoms with Crippen molar-refractivity contribution in [1.29, 1.82) is 0 Å². The molecule has 1 aromatic carbocycles. The summed E-state index contributed by atoms with van der Waals surface area (Å²) in [5, 5.41) is 9.11. The Bertz CT molecular complexity index is 534. The first-order chi connectivity index (χ1) is 9.03. The van der Waals surface area contributed by atoms with Gasteiger partial charge < -0.3 is 5.11 Å². The highest BCUT2D eigenvalue weighted by molar-refractivity contribution is 7.89. The SMILES string of the molecule is Cc1ccc(CO)cc1S(=O)(=O)NCC1CCCC1. The monoisotopic (exact) mass is 283 g/mol. The molecule has 0 bridgehead atoms. The summed E-state index contributed by atoms with van der Waals surface area (Å²) in [5.41, 5.74) is 1.32. The second-order valence-corrected chi connectivity index (χ2v) is 7.00. The Morgan fingerprint density at radius 3 is 2.63 bits per heavy atom. The van der Waals surface area contributed by atoms with E-state index in [0.717, 1.165) is 12.8 Å². The molecule has 0 atom stereocenters. The second kappa shape index (κ2) is 6.03. The van der Waals surface area contributed by atoms with Crippen LogP contribution in [0.15, 0.2) is 23.1 Å². The molecule has 0 aliphatic heterocycles. The van der Waals surface area contributed by atoms with Gasteiger partial charge in [0.1, 0.15) is 0 Å². The van der Waals surface area contributed by atoms with E-state index >= 15 is 0 Å². The number of aliphatic hydroxyl groups is 1. The molecule has 0 unspecified atom stereocenters. The molecule has 106 valence electrons. The third-order valence-corrected chi connectivity index (χ3v) is 5.33. The van der Waals surface area contributed by atoms with Crippen molar-refractivity contribution >= 4 is 10.0 Å². The lowest BCUT2D eigenvalue weighted by atomic mass is 10.1. The van der Waals surface area contributed by atoms with Crippen molar-refractivity contribution in [1.82, 2.24) is 4.72 Å². The molecule has 1 aliphatic rings. The molecule has 19 heavy (non-hydrogen) atoms. The highest BCUT2D eigenvalue weighted by Gasteiger charge is 2.21. The van der Waals surface area contributed by atoms with Crippen molar-refractivity contribution in [3.63, 3.8) is 0 Å². The number of hydrogen-bond donors (Lipinski definition) is 2. The number of hydrogen-bond acceptors (Lipinski definition) is 3. The molecule has 0 amide bonds. The predicted octanol–water partition coefficient (Wildman–Crippen LogP) is 1.96. The highest BCUT2D eigenvalue weighted by Crippen LogP contribution is 2.24. The van der Waals surface area contributed by atoms with Crippen LogP contribution in [0.4, 0.5) is 0 Å². The zero-order valence-electron chi connectivity index (χ0n) is 11.2. The summed E-state index contributed by atoms with van der Waals surface area (Å²) in [5.74, 6) is 0.469. The summed E-state index contributed by atoms with van der Waals surface area (Å²) >= 11 is 0. The lowest BCUT2D eigenvalue weighted by molar-refractivity contribution is 0.281. The number of aryl methyl sites for hydroxylation is 1. The fourth-order valence-corrected chi connectivity index (χ4v) is 3.96. The van der Waals surface area contributed by atoms with Gasteiger partial charge in [-0.15, -0.1) is 0 Å². The summed E-state index contributed by atoms with van der Waals surface area (Å²) in [7, 11) is -3.47. The van der Waals surface area contributed by atoms with Gasteiger partial charge in [-0.3, -0.25) is 0 Å². The van der Waals surface area contributed by atoms with Crippen molar-refractivity contribution in [3.8, 4) is 0 Å². The van der Waals surface area contributed by atoms with E-state index in [4.69, 9.17) is 5.11 Å². The van der Waals surface area contributed by atoms with Gasteiger partial charge in [0.15, 0.2) is 0 Å². The van der Waals surface area contributed by atoms with Crippen LogP contribution in [-0.4, -0.2) is 20.1 Å². The molecule has 1 fully saturated rings. The molecule has 2 N–H and O–H groups in total. The largest absolute Gasteiger partial charge is 0.392 e. The van der Waals surface area contributed by atoms with E-state index < -0.39 is 10.0 Å². The summed E-state index contributed by atoms with van der Waals surface area (Å²) < 4.78 is 27.3. The lowest BCUT2D eigenvalue weighted by Crippen LogP contribution is -2.29. The summed E-state index contributed by atoms with van der Waals surface area (Å²) in [6.45, 7) is 2.14. The van der Waals surface area contributed by atoms with E-state index in [-0.39, 0.29) is 11.5 Å². The lowest BCUT2D eigenvalue weighted by Gasteiger charge is -2.13. The van der Waals surface area contributed by atoms with Crippen molar-refractivity contribution in [3.05, 3.63) is 29.3 Å². The first-order valence-electron chi connectivity index (χ1n) is 6.73. The maximum absolute atomic E-state index is 12.3. The number of nitrogens with one attached hydrogen (secondary N) is 1. The van der Waals surface area contributed by atoms with Gasteiger partial charge in [0.25, 0.3) is 0 Å². The fraction of sp³-hybridized carbons (Fsp3) is 0.571. The van der Waals surface area contributed by atoms with Gasteiger partial charge in [-0.05, 0) is 42.9 Å². The summed E-state index contributed by atoms with van der Waals surface area (Å²) in [4.78, 5) is 0.275. The third kappa shape index (κ3) is 3.55. The number of benzene rings is 1. The zero-order chi connectivity index (χ0) is 13.9. The molecule has 1 saturated carbocycles. The van der Waals surface area contributed by atoms with Crippen molar-refractivity contribution in [2.24, 2.45) is 5.92 Å². The molecular weight excluding hydrogens is 262 g/mol. The smallest absolute Gasteiger partial charge is 0.240 e. The third-order valence-electron chi connectivity index (χ3n) is 3.76. The van der Waals surface area contributed by atoms with Gasteiger partial charge in [-0.2, -0.15) is 0 Å². The Kier molecular flexibility index (Phi) is 4.60.